The molecule has 82 heavy (non-hydrogen) atoms. The fraction of sp³-hybridized carbons (Fsp3) is 0. The minimum atomic E-state index is -2.98. The number of para-hydroxylation sites is 3. The van der Waals surface area contributed by atoms with E-state index < -0.39 is 8.07 Å². The lowest BCUT2D eigenvalue weighted by atomic mass is 9.92. The molecule has 0 radical (unpaired) electrons. The standard InChI is InChI=1S/C78H51N3Si/c1-4-21-52(22-5-1)53-39-43-59(44-40-53)82(57-24-6-2-7-25-57,58-26-8-3-9-27-58)60-28-20-23-54(49-60)81-75-47-42-56(51-70(75)78-76(81)48-45-68-63-31-11-10-29-61(63)62-30-12-13-35-67(62)77(68)78)80-73-38-19-16-34-66(73)69-50-55(41-46-74(69)80)79-71-36-17-14-32-64(71)65-33-15-18-37-72(65)79/h1-51H. The number of aromatic nitrogens is 3. The molecule has 3 heterocycles. The Hall–Kier alpha value is -10.5. The van der Waals surface area contributed by atoms with Crippen LogP contribution in [0.15, 0.2) is 309 Å². The van der Waals surface area contributed by atoms with Crippen LogP contribution in [0.5, 0.6) is 0 Å². The third-order valence-electron chi connectivity index (χ3n) is 17.7. The highest BCUT2D eigenvalue weighted by Crippen LogP contribution is 2.45. The second-order valence-corrected chi connectivity index (χ2v) is 25.7. The van der Waals surface area contributed by atoms with Crippen LogP contribution in [0, 0.1) is 0 Å². The normalized spacial score (nSPS) is 12.1. The smallest absolute Gasteiger partial charge is 0.179 e. The topological polar surface area (TPSA) is 14.8 Å². The highest BCUT2D eigenvalue weighted by Gasteiger charge is 2.42. The highest BCUT2D eigenvalue weighted by atomic mass is 28.3. The van der Waals surface area contributed by atoms with Gasteiger partial charge in [0.2, 0.25) is 0 Å². The van der Waals surface area contributed by atoms with Crippen molar-refractivity contribution < 1.29 is 0 Å². The van der Waals surface area contributed by atoms with Crippen molar-refractivity contribution in [2.45, 2.75) is 0 Å². The summed E-state index contributed by atoms with van der Waals surface area (Å²) in [5, 5.41) is 20.4. The van der Waals surface area contributed by atoms with Crippen LogP contribution in [0.2, 0.25) is 0 Å². The van der Waals surface area contributed by atoms with E-state index in [-0.39, 0.29) is 0 Å². The Labute approximate surface area is 475 Å². The molecule has 0 unspecified atom stereocenters. The Kier molecular flexibility index (Phi) is 10.3. The van der Waals surface area contributed by atoms with E-state index in [0.717, 1.165) is 22.6 Å². The fourth-order valence-electron chi connectivity index (χ4n) is 14.3. The average molecular weight is 1060 g/mol. The van der Waals surface area contributed by atoms with E-state index in [1.807, 2.05) is 0 Å². The number of hydrogen-bond donors (Lipinski definition) is 0. The Morgan fingerprint density at radius 1 is 0.183 bits per heavy atom. The zero-order valence-corrected chi connectivity index (χ0v) is 45.8. The van der Waals surface area contributed by atoms with E-state index in [4.69, 9.17) is 0 Å². The van der Waals surface area contributed by atoms with Gasteiger partial charge in [-0.1, -0.05) is 237 Å². The maximum Gasteiger partial charge on any atom is 0.179 e. The van der Waals surface area contributed by atoms with E-state index in [1.54, 1.807) is 0 Å². The molecule has 14 aromatic carbocycles. The van der Waals surface area contributed by atoms with Gasteiger partial charge in [-0.2, -0.15) is 0 Å². The van der Waals surface area contributed by atoms with Crippen LogP contribution in [0.3, 0.4) is 0 Å². The third kappa shape index (κ3) is 6.76. The molecule has 0 saturated heterocycles. The molecule has 0 aliphatic rings. The van der Waals surface area contributed by atoms with Gasteiger partial charge >= 0.3 is 0 Å². The molecule has 0 fully saturated rings. The summed E-state index contributed by atoms with van der Waals surface area (Å²) in [6.45, 7) is 0. The van der Waals surface area contributed by atoms with E-state index in [0.29, 0.717) is 0 Å². The minimum Gasteiger partial charge on any atom is -0.309 e. The minimum absolute atomic E-state index is 1.12. The second kappa shape index (κ2) is 18.3. The van der Waals surface area contributed by atoms with Crippen molar-refractivity contribution in [3.8, 4) is 28.2 Å². The molecule has 382 valence electrons. The average Bonchev–Trinajstić information content (AvgIpc) is 2.83. The van der Waals surface area contributed by atoms with Crippen LogP contribution < -0.4 is 20.7 Å². The number of fused-ring (bicyclic) bond motifs is 16. The van der Waals surface area contributed by atoms with Crippen LogP contribution in [-0.4, -0.2) is 21.8 Å². The monoisotopic (exact) mass is 1060 g/mol. The molecule has 0 aliphatic heterocycles. The molecule has 0 amide bonds. The van der Waals surface area contributed by atoms with Crippen LogP contribution in [0.25, 0.3) is 126 Å². The molecule has 17 aromatic rings. The van der Waals surface area contributed by atoms with Gasteiger partial charge in [-0.15, -0.1) is 0 Å². The summed E-state index contributed by atoms with van der Waals surface area (Å²) in [5.74, 6) is 0. The summed E-state index contributed by atoms with van der Waals surface area (Å²) in [7, 11) is -2.98. The molecular weight excluding hydrogens is 1010 g/mol. The summed E-state index contributed by atoms with van der Waals surface area (Å²) in [6, 6.07) is 116. The lowest BCUT2D eigenvalue weighted by Crippen LogP contribution is -2.74. The van der Waals surface area contributed by atoms with E-state index >= 15 is 0 Å². The Balaban J connectivity index is 0.937. The van der Waals surface area contributed by atoms with Gasteiger partial charge in [-0.05, 0) is 132 Å². The molecule has 4 heteroatoms. The molecule has 0 saturated carbocycles. The molecule has 17 rings (SSSR count). The molecular formula is C78H51N3Si. The van der Waals surface area contributed by atoms with Crippen molar-refractivity contribution in [1.82, 2.24) is 13.7 Å². The van der Waals surface area contributed by atoms with Crippen LogP contribution in [0.1, 0.15) is 0 Å². The van der Waals surface area contributed by atoms with Crippen molar-refractivity contribution in [2.24, 2.45) is 0 Å². The first kappa shape index (κ1) is 46.4. The SMILES string of the molecule is c1ccc(-c2ccc([Si](c3ccccc3)(c3ccccc3)c3cccc(-n4c5ccc(-n6c7ccccc7c7cc(-n8c9ccccc9c9ccccc98)ccc76)cc5c5c6c7ccccc7c7ccccc7c6ccc54)c3)cc2)cc1. The van der Waals surface area contributed by atoms with Crippen molar-refractivity contribution in [1.29, 1.82) is 0 Å². The molecule has 0 atom stereocenters. The van der Waals surface area contributed by atoms with E-state index in [1.165, 1.54) is 124 Å². The maximum absolute atomic E-state index is 2.98. The highest BCUT2D eigenvalue weighted by molar-refractivity contribution is 7.20. The predicted octanol–water partition coefficient (Wildman–Crippen LogP) is 17.5. The van der Waals surface area contributed by atoms with Crippen LogP contribution >= 0.6 is 0 Å². The van der Waals surface area contributed by atoms with Crippen molar-refractivity contribution in [3.63, 3.8) is 0 Å². The zero-order chi connectivity index (χ0) is 53.9. The fourth-order valence-corrected chi connectivity index (χ4v) is 19.0. The number of hydrogen-bond acceptors (Lipinski definition) is 0. The molecule has 0 aliphatic carbocycles. The van der Waals surface area contributed by atoms with Crippen LogP contribution in [0.4, 0.5) is 0 Å². The lowest BCUT2D eigenvalue weighted by Gasteiger charge is -2.35. The van der Waals surface area contributed by atoms with Gasteiger partial charge in [0.25, 0.3) is 0 Å². The number of rotatable bonds is 8. The van der Waals surface area contributed by atoms with Crippen molar-refractivity contribution >= 4 is 127 Å². The molecule has 0 spiro atoms. The zero-order valence-electron chi connectivity index (χ0n) is 44.8. The molecule has 3 nitrogen and oxygen atoms in total. The third-order valence-corrected chi connectivity index (χ3v) is 22.5. The van der Waals surface area contributed by atoms with Gasteiger partial charge in [-0.25, -0.2) is 0 Å². The van der Waals surface area contributed by atoms with Gasteiger partial charge in [0.1, 0.15) is 0 Å². The summed E-state index contributed by atoms with van der Waals surface area (Å²) >= 11 is 0. The summed E-state index contributed by atoms with van der Waals surface area (Å²) in [6.07, 6.45) is 0. The Morgan fingerprint density at radius 2 is 0.549 bits per heavy atom. The van der Waals surface area contributed by atoms with E-state index in [9.17, 15) is 0 Å². The Morgan fingerprint density at radius 3 is 1.12 bits per heavy atom. The van der Waals surface area contributed by atoms with Gasteiger partial charge in [0, 0.05) is 54.8 Å². The van der Waals surface area contributed by atoms with E-state index in [2.05, 4.69) is 323 Å². The summed E-state index contributed by atoms with van der Waals surface area (Å²) in [4.78, 5) is 0. The quantitative estimate of drug-likeness (QED) is 0.0818. The summed E-state index contributed by atoms with van der Waals surface area (Å²) < 4.78 is 7.48. The molecule has 3 aromatic heterocycles. The number of benzene rings is 14. The molecule has 0 bridgehead atoms. The van der Waals surface area contributed by atoms with Crippen molar-refractivity contribution in [2.75, 3.05) is 0 Å². The van der Waals surface area contributed by atoms with Gasteiger partial charge in [0.15, 0.2) is 8.07 Å². The predicted molar refractivity (Wildman–Crippen MR) is 351 cm³/mol. The largest absolute Gasteiger partial charge is 0.309 e. The van der Waals surface area contributed by atoms with Crippen LogP contribution in [-0.2, 0) is 0 Å². The number of nitrogens with zero attached hydrogens (tertiary/aromatic N) is 3. The Bertz CT molecular complexity index is 5250. The second-order valence-electron chi connectivity index (χ2n) is 21.9. The maximum atomic E-state index is 2.55. The lowest BCUT2D eigenvalue weighted by molar-refractivity contribution is 1.16. The van der Waals surface area contributed by atoms with Gasteiger partial charge in [0.05, 0.1) is 33.1 Å². The van der Waals surface area contributed by atoms with Crippen molar-refractivity contribution in [3.05, 3.63) is 309 Å². The molecule has 0 N–H and O–H groups in total. The first-order chi connectivity index (χ1) is 40.7. The first-order valence-corrected chi connectivity index (χ1v) is 30.4. The van der Waals surface area contributed by atoms with Gasteiger partial charge < -0.3 is 13.7 Å². The van der Waals surface area contributed by atoms with Gasteiger partial charge in [-0.3, -0.25) is 0 Å². The summed E-state index contributed by atoms with van der Waals surface area (Å²) in [5.41, 5.74) is 12.9. The first-order valence-electron chi connectivity index (χ1n) is 28.4.